The van der Waals surface area contributed by atoms with E-state index in [1.807, 2.05) is 12.3 Å². The second kappa shape index (κ2) is 6.49. The molecule has 5 heterocycles. The molecule has 3 aromatic rings. The first kappa shape index (κ1) is 16.5. The number of piperidine rings is 1. The average molecular weight is 367 g/mol. The van der Waals surface area contributed by atoms with Crippen LogP contribution in [0, 0.1) is 5.82 Å². The van der Waals surface area contributed by atoms with Crippen molar-refractivity contribution in [3.05, 3.63) is 42.5 Å². The molecule has 0 radical (unpaired) electrons. The van der Waals surface area contributed by atoms with Crippen molar-refractivity contribution < 1.29 is 9.13 Å². The SMILES string of the molecule is CN1c2ccn3ncc(c3n2)-c2cc(ccc2F)OCCN2CCC1CC2. The maximum absolute atomic E-state index is 14.6. The van der Waals surface area contributed by atoms with Gasteiger partial charge in [0.05, 0.1) is 6.20 Å². The van der Waals surface area contributed by atoms with E-state index in [1.54, 1.807) is 22.8 Å². The summed E-state index contributed by atoms with van der Waals surface area (Å²) in [4.78, 5) is 9.50. The van der Waals surface area contributed by atoms with E-state index >= 15 is 0 Å². The van der Waals surface area contributed by atoms with Crippen LogP contribution in [0.3, 0.4) is 0 Å². The molecule has 140 valence electrons. The highest BCUT2D eigenvalue weighted by molar-refractivity contribution is 5.79. The molecule has 27 heavy (non-hydrogen) atoms. The van der Waals surface area contributed by atoms with Crippen LogP contribution >= 0.6 is 0 Å². The fourth-order valence-corrected chi connectivity index (χ4v) is 4.06. The van der Waals surface area contributed by atoms with Gasteiger partial charge in [-0.25, -0.2) is 13.9 Å². The van der Waals surface area contributed by atoms with Gasteiger partial charge in [-0.1, -0.05) is 0 Å². The van der Waals surface area contributed by atoms with Crippen molar-refractivity contribution in [1.29, 1.82) is 0 Å². The first-order valence-corrected chi connectivity index (χ1v) is 9.41. The van der Waals surface area contributed by atoms with Crippen molar-refractivity contribution >= 4 is 11.5 Å². The number of rotatable bonds is 0. The molecular formula is C20H22FN5O. The molecule has 1 saturated heterocycles. The summed E-state index contributed by atoms with van der Waals surface area (Å²) in [7, 11) is 2.09. The summed E-state index contributed by atoms with van der Waals surface area (Å²) in [5, 5.41) is 4.35. The quantitative estimate of drug-likeness (QED) is 0.611. The molecule has 6 bridgehead atoms. The van der Waals surface area contributed by atoms with E-state index in [1.165, 1.54) is 6.07 Å². The highest BCUT2D eigenvalue weighted by Gasteiger charge is 2.24. The van der Waals surface area contributed by atoms with E-state index in [2.05, 4.69) is 21.9 Å². The predicted octanol–water partition coefficient (Wildman–Crippen LogP) is 2.83. The summed E-state index contributed by atoms with van der Waals surface area (Å²) < 4.78 is 22.2. The number of fused-ring (bicyclic) bond motifs is 4. The van der Waals surface area contributed by atoms with Crippen molar-refractivity contribution in [2.45, 2.75) is 18.9 Å². The Bertz CT molecular complexity index is 980. The van der Waals surface area contributed by atoms with Gasteiger partial charge in [-0.2, -0.15) is 5.10 Å². The number of nitrogens with zero attached hydrogens (tertiary/aromatic N) is 5. The van der Waals surface area contributed by atoms with Gasteiger partial charge in [0.15, 0.2) is 5.65 Å². The molecule has 0 unspecified atom stereocenters. The van der Waals surface area contributed by atoms with Crippen LogP contribution in [-0.2, 0) is 0 Å². The maximum atomic E-state index is 14.6. The summed E-state index contributed by atoms with van der Waals surface area (Å²) in [6, 6.07) is 7.31. The van der Waals surface area contributed by atoms with E-state index in [0.29, 0.717) is 35.2 Å². The molecule has 0 saturated carbocycles. The molecule has 0 aliphatic carbocycles. The van der Waals surface area contributed by atoms with E-state index in [9.17, 15) is 4.39 Å². The fraction of sp³-hybridized carbons (Fsp3) is 0.400. The Morgan fingerprint density at radius 1 is 1.11 bits per heavy atom. The van der Waals surface area contributed by atoms with E-state index in [0.717, 1.165) is 38.3 Å². The third kappa shape index (κ3) is 2.92. The van der Waals surface area contributed by atoms with Crippen molar-refractivity contribution in [2.24, 2.45) is 0 Å². The summed E-state index contributed by atoms with van der Waals surface area (Å²) in [5.74, 6) is 1.26. The molecule has 0 N–H and O–H groups in total. The molecule has 1 fully saturated rings. The van der Waals surface area contributed by atoms with Gasteiger partial charge >= 0.3 is 0 Å². The van der Waals surface area contributed by atoms with Crippen LogP contribution in [0.5, 0.6) is 5.75 Å². The zero-order chi connectivity index (χ0) is 18.4. The lowest BCUT2D eigenvalue weighted by Gasteiger charge is -2.37. The van der Waals surface area contributed by atoms with Gasteiger partial charge in [0, 0.05) is 50.0 Å². The number of hydrogen-bond acceptors (Lipinski definition) is 5. The Balaban J connectivity index is 1.66. The topological polar surface area (TPSA) is 45.9 Å². The van der Waals surface area contributed by atoms with Gasteiger partial charge in [0.1, 0.15) is 24.0 Å². The van der Waals surface area contributed by atoms with Gasteiger partial charge in [-0.15, -0.1) is 0 Å². The normalized spacial score (nSPS) is 22.5. The van der Waals surface area contributed by atoms with Gasteiger partial charge in [0.2, 0.25) is 0 Å². The lowest BCUT2D eigenvalue weighted by Crippen LogP contribution is -2.44. The third-order valence-electron chi connectivity index (χ3n) is 5.72. The van der Waals surface area contributed by atoms with Crippen LogP contribution < -0.4 is 9.64 Å². The van der Waals surface area contributed by atoms with Crippen LogP contribution in [0.4, 0.5) is 10.2 Å². The van der Waals surface area contributed by atoms with E-state index in [-0.39, 0.29) is 5.82 Å². The number of hydrogen-bond donors (Lipinski definition) is 0. The Morgan fingerprint density at radius 2 is 1.96 bits per heavy atom. The molecule has 2 aromatic heterocycles. The number of benzene rings is 1. The highest BCUT2D eigenvalue weighted by atomic mass is 19.1. The van der Waals surface area contributed by atoms with Crippen LogP contribution in [0.25, 0.3) is 16.8 Å². The fourth-order valence-electron chi connectivity index (χ4n) is 4.06. The van der Waals surface area contributed by atoms with Crippen LogP contribution in [0.15, 0.2) is 36.7 Å². The van der Waals surface area contributed by atoms with Gasteiger partial charge in [0.25, 0.3) is 0 Å². The van der Waals surface area contributed by atoms with Gasteiger partial charge in [-0.05, 0) is 37.1 Å². The van der Waals surface area contributed by atoms with Crippen LogP contribution in [0.2, 0.25) is 0 Å². The molecule has 0 spiro atoms. The molecular weight excluding hydrogens is 345 g/mol. The molecule has 3 aliphatic rings. The maximum Gasteiger partial charge on any atom is 0.165 e. The Hall–Kier alpha value is -2.67. The molecule has 0 atom stereocenters. The number of halogens is 1. The van der Waals surface area contributed by atoms with Crippen LogP contribution in [0.1, 0.15) is 12.8 Å². The number of anilines is 1. The minimum absolute atomic E-state index is 0.300. The number of ether oxygens (including phenoxy) is 1. The smallest absolute Gasteiger partial charge is 0.165 e. The summed E-state index contributed by atoms with van der Waals surface area (Å²) in [6.45, 7) is 3.58. The van der Waals surface area contributed by atoms with Crippen molar-refractivity contribution in [2.75, 3.05) is 38.2 Å². The van der Waals surface area contributed by atoms with E-state index < -0.39 is 0 Å². The summed E-state index contributed by atoms with van der Waals surface area (Å²) in [6.07, 6.45) is 5.75. The first-order chi connectivity index (χ1) is 13.2. The number of aromatic nitrogens is 3. The minimum atomic E-state index is -0.300. The molecule has 3 aliphatic heterocycles. The lowest BCUT2D eigenvalue weighted by molar-refractivity contribution is 0.172. The Kier molecular flexibility index (Phi) is 3.97. The lowest BCUT2D eigenvalue weighted by atomic mass is 10.0. The van der Waals surface area contributed by atoms with Crippen molar-refractivity contribution in [3.63, 3.8) is 0 Å². The second-order valence-electron chi connectivity index (χ2n) is 7.29. The highest BCUT2D eigenvalue weighted by Crippen LogP contribution is 2.31. The molecule has 1 aromatic carbocycles. The monoisotopic (exact) mass is 367 g/mol. The molecule has 0 amide bonds. The zero-order valence-electron chi connectivity index (χ0n) is 15.3. The third-order valence-corrected chi connectivity index (χ3v) is 5.72. The minimum Gasteiger partial charge on any atom is -0.492 e. The predicted molar refractivity (Wildman–Crippen MR) is 102 cm³/mol. The van der Waals surface area contributed by atoms with E-state index in [4.69, 9.17) is 9.72 Å². The second-order valence-corrected chi connectivity index (χ2v) is 7.29. The zero-order valence-corrected chi connectivity index (χ0v) is 15.3. The Morgan fingerprint density at radius 3 is 2.81 bits per heavy atom. The van der Waals surface area contributed by atoms with Gasteiger partial charge < -0.3 is 9.64 Å². The largest absolute Gasteiger partial charge is 0.492 e. The molecule has 6 rings (SSSR count). The Labute approximate surface area is 157 Å². The van der Waals surface area contributed by atoms with Crippen LogP contribution in [-0.4, -0.2) is 58.8 Å². The van der Waals surface area contributed by atoms with Crippen molar-refractivity contribution in [1.82, 2.24) is 19.5 Å². The summed E-state index contributed by atoms with van der Waals surface area (Å²) >= 11 is 0. The molecule has 7 heteroatoms. The van der Waals surface area contributed by atoms with Gasteiger partial charge in [-0.3, -0.25) is 4.90 Å². The average Bonchev–Trinajstić information content (AvgIpc) is 3.11. The first-order valence-electron chi connectivity index (χ1n) is 9.41. The van der Waals surface area contributed by atoms with Crippen molar-refractivity contribution in [3.8, 4) is 16.9 Å². The summed E-state index contributed by atoms with van der Waals surface area (Å²) in [5.41, 5.74) is 1.80. The standard InChI is InChI=1S/C20H22FN5O/c1-24-14-4-7-25(8-5-14)10-11-27-15-2-3-18(21)16(12-15)17-13-22-26-9-6-19(24)23-20(17)26/h2-3,6,9,12-14H,4-5,7-8,10-11H2,1H3. The molecule has 6 nitrogen and oxygen atoms in total.